The Balaban J connectivity index is 2.12. The van der Waals surface area contributed by atoms with Crippen LogP contribution in [-0.2, 0) is 0 Å². The van der Waals surface area contributed by atoms with Gasteiger partial charge in [-0.25, -0.2) is 0 Å². The molecule has 0 aromatic heterocycles. The van der Waals surface area contributed by atoms with Crippen LogP contribution in [0.2, 0.25) is 5.02 Å². The summed E-state index contributed by atoms with van der Waals surface area (Å²) < 4.78 is 11.3. The van der Waals surface area contributed by atoms with Crippen LogP contribution in [0.15, 0.2) is 24.3 Å². The Bertz CT molecular complexity index is 618. The molecule has 2 atom stereocenters. The van der Waals surface area contributed by atoms with Gasteiger partial charge in [-0.3, -0.25) is 4.79 Å². The van der Waals surface area contributed by atoms with Gasteiger partial charge in [-0.15, -0.1) is 0 Å². The van der Waals surface area contributed by atoms with E-state index < -0.39 is 0 Å². The Morgan fingerprint density at radius 3 is 2.76 bits per heavy atom. The summed E-state index contributed by atoms with van der Waals surface area (Å²) in [6, 6.07) is 3.18. The highest BCUT2D eigenvalue weighted by Crippen LogP contribution is 2.37. The predicted octanol–water partition coefficient (Wildman–Crippen LogP) is 3.58. The second kappa shape index (κ2) is 9.68. The molecule has 1 aliphatic carbocycles. The summed E-state index contributed by atoms with van der Waals surface area (Å²) in [5.41, 5.74) is 0.428. The van der Waals surface area contributed by atoms with Gasteiger partial charge in [0.2, 0.25) is 0 Å². The average Bonchev–Trinajstić information content (AvgIpc) is 3.04. The van der Waals surface area contributed by atoms with E-state index >= 15 is 0 Å². The average molecular weight is 368 g/mol. The fourth-order valence-electron chi connectivity index (χ4n) is 2.69. The molecule has 0 spiro atoms. The SMILES string of the molecule is CCCCOc1c(Cl)cc(C(=O)N[C@@H]2C=C[C@H](CO)C2)cc1OCC. The number of aliphatic hydroxyl groups excluding tert-OH is 1. The van der Waals surface area contributed by atoms with Gasteiger partial charge in [-0.1, -0.05) is 37.1 Å². The van der Waals surface area contributed by atoms with E-state index in [9.17, 15) is 9.90 Å². The number of halogens is 1. The molecule has 0 saturated carbocycles. The summed E-state index contributed by atoms with van der Waals surface area (Å²) in [4.78, 5) is 12.5. The van der Waals surface area contributed by atoms with Crippen molar-refractivity contribution in [3.8, 4) is 11.5 Å². The van der Waals surface area contributed by atoms with Crippen molar-refractivity contribution in [3.63, 3.8) is 0 Å². The van der Waals surface area contributed by atoms with Crippen molar-refractivity contribution < 1.29 is 19.4 Å². The zero-order chi connectivity index (χ0) is 18.2. The van der Waals surface area contributed by atoms with Crippen LogP contribution in [0.1, 0.15) is 43.5 Å². The molecule has 138 valence electrons. The van der Waals surface area contributed by atoms with Gasteiger partial charge in [0.25, 0.3) is 5.91 Å². The number of carbonyl (C=O) groups excluding carboxylic acids is 1. The molecule has 1 aromatic carbocycles. The van der Waals surface area contributed by atoms with Crippen molar-refractivity contribution in [1.82, 2.24) is 5.32 Å². The predicted molar refractivity (Wildman–Crippen MR) is 98.6 cm³/mol. The maximum atomic E-state index is 12.5. The number of amides is 1. The number of nitrogens with one attached hydrogen (secondary N) is 1. The summed E-state index contributed by atoms with van der Waals surface area (Å²) in [5, 5.41) is 12.5. The van der Waals surface area contributed by atoms with Gasteiger partial charge in [0.05, 0.1) is 18.2 Å². The molecule has 1 amide bonds. The standard InChI is InChI=1S/C19H26ClNO4/c1-3-5-8-25-18-16(20)10-14(11-17(18)24-4-2)19(23)21-15-7-6-13(9-15)12-22/h6-7,10-11,13,15,22H,3-5,8-9,12H2,1-2H3,(H,21,23)/t13-,15+/m0/s1. The van der Waals surface area contributed by atoms with E-state index in [4.69, 9.17) is 21.1 Å². The number of unbranched alkanes of at least 4 members (excludes halogenated alkanes) is 1. The monoisotopic (exact) mass is 367 g/mol. The molecule has 0 fully saturated rings. The lowest BCUT2D eigenvalue weighted by Gasteiger charge is -2.16. The van der Waals surface area contributed by atoms with E-state index in [1.54, 1.807) is 12.1 Å². The first kappa shape index (κ1) is 19.6. The maximum Gasteiger partial charge on any atom is 0.251 e. The van der Waals surface area contributed by atoms with Gasteiger partial charge in [-0.2, -0.15) is 0 Å². The Morgan fingerprint density at radius 1 is 1.32 bits per heavy atom. The van der Waals surface area contributed by atoms with Crippen LogP contribution in [0.5, 0.6) is 11.5 Å². The molecule has 6 heteroatoms. The molecule has 0 aliphatic heterocycles. The molecule has 0 bridgehead atoms. The molecule has 1 aliphatic rings. The number of aliphatic hydroxyl groups is 1. The Labute approximate surface area is 154 Å². The van der Waals surface area contributed by atoms with E-state index in [1.807, 2.05) is 19.1 Å². The van der Waals surface area contributed by atoms with Crippen LogP contribution in [0.25, 0.3) is 0 Å². The third-order valence-electron chi connectivity index (χ3n) is 4.04. The molecular weight excluding hydrogens is 342 g/mol. The molecule has 0 heterocycles. The third-order valence-corrected chi connectivity index (χ3v) is 4.32. The minimum atomic E-state index is -0.226. The molecule has 0 radical (unpaired) electrons. The minimum Gasteiger partial charge on any atom is -0.490 e. The lowest BCUT2D eigenvalue weighted by molar-refractivity contribution is 0.0940. The zero-order valence-electron chi connectivity index (χ0n) is 14.8. The number of carbonyl (C=O) groups is 1. The molecule has 25 heavy (non-hydrogen) atoms. The third kappa shape index (κ3) is 5.38. The van der Waals surface area contributed by atoms with Crippen molar-refractivity contribution in [2.75, 3.05) is 19.8 Å². The highest BCUT2D eigenvalue weighted by molar-refractivity contribution is 6.32. The van der Waals surface area contributed by atoms with Gasteiger partial charge in [0.1, 0.15) is 0 Å². The van der Waals surface area contributed by atoms with E-state index in [0.29, 0.717) is 41.7 Å². The second-order valence-electron chi connectivity index (χ2n) is 6.06. The maximum absolute atomic E-state index is 12.5. The Kier molecular flexibility index (Phi) is 7.59. The first-order valence-corrected chi connectivity index (χ1v) is 9.16. The molecule has 0 unspecified atom stereocenters. The van der Waals surface area contributed by atoms with E-state index in [0.717, 1.165) is 12.8 Å². The fraction of sp³-hybridized carbons (Fsp3) is 0.526. The minimum absolute atomic E-state index is 0.0838. The van der Waals surface area contributed by atoms with E-state index in [-0.39, 0.29) is 24.5 Å². The molecular formula is C19H26ClNO4. The molecule has 2 rings (SSSR count). The second-order valence-corrected chi connectivity index (χ2v) is 6.47. The van der Waals surface area contributed by atoms with Crippen molar-refractivity contribution in [2.45, 2.75) is 39.2 Å². The highest BCUT2D eigenvalue weighted by atomic mass is 35.5. The number of hydrogen-bond donors (Lipinski definition) is 2. The Morgan fingerprint density at radius 2 is 2.12 bits per heavy atom. The van der Waals surface area contributed by atoms with E-state index in [2.05, 4.69) is 12.2 Å². The number of rotatable bonds is 9. The largest absolute Gasteiger partial charge is 0.490 e. The van der Waals surface area contributed by atoms with Gasteiger partial charge >= 0.3 is 0 Å². The molecule has 0 saturated heterocycles. The summed E-state index contributed by atoms with van der Waals surface area (Å²) >= 11 is 6.32. The van der Waals surface area contributed by atoms with Crippen molar-refractivity contribution in [1.29, 1.82) is 0 Å². The molecule has 2 N–H and O–H groups in total. The highest BCUT2D eigenvalue weighted by Gasteiger charge is 2.22. The lowest BCUT2D eigenvalue weighted by atomic mass is 10.1. The topological polar surface area (TPSA) is 67.8 Å². The van der Waals surface area contributed by atoms with Crippen LogP contribution in [0.4, 0.5) is 0 Å². The van der Waals surface area contributed by atoms with Crippen LogP contribution in [0, 0.1) is 5.92 Å². The van der Waals surface area contributed by atoms with Gasteiger partial charge in [0.15, 0.2) is 11.5 Å². The summed E-state index contributed by atoms with van der Waals surface area (Å²) in [7, 11) is 0. The van der Waals surface area contributed by atoms with Gasteiger partial charge in [-0.05, 0) is 31.9 Å². The lowest BCUT2D eigenvalue weighted by Crippen LogP contribution is -2.33. The van der Waals surface area contributed by atoms with Crippen LogP contribution >= 0.6 is 11.6 Å². The first-order chi connectivity index (χ1) is 12.1. The van der Waals surface area contributed by atoms with Crippen LogP contribution in [0.3, 0.4) is 0 Å². The Hall–Kier alpha value is -1.72. The van der Waals surface area contributed by atoms with Crippen LogP contribution in [-0.4, -0.2) is 36.9 Å². The van der Waals surface area contributed by atoms with Gasteiger partial charge in [0, 0.05) is 24.1 Å². The normalized spacial score (nSPS) is 19.0. The van der Waals surface area contributed by atoms with Crippen molar-refractivity contribution in [3.05, 3.63) is 34.9 Å². The quantitative estimate of drug-likeness (QED) is 0.517. The number of ether oxygens (including phenoxy) is 2. The molecule has 1 aromatic rings. The van der Waals surface area contributed by atoms with Crippen LogP contribution < -0.4 is 14.8 Å². The smallest absolute Gasteiger partial charge is 0.251 e. The molecule has 5 nitrogen and oxygen atoms in total. The first-order valence-electron chi connectivity index (χ1n) is 8.78. The fourth-order valence-corrected chi connectivity index (χ4v) is 2.95. The summed E-state index contributed by atoms with van der Waals surface area (Å²) in [6.07, 6.45) is 6.47. The number of benzene rings is 1. The van der Waals surface area contributed by atoms with E-state index in [1.165, 1.54) is 0 Å². The van der Waals surface area contributed by atoms with Gasteiger partial charge < -0.3 is 19.9 Å². The zero-order valence-corrected chi connectivity index (χ0v) is 15.5. The number of hydrogen-bond acceptors (Lipinski definition) is 4. The summed E-state index contributed by atoms with van der Waals surface area (Å²) in [6.45, 7) is 5.05. The van der Waals surface area contributed by atoms with Crippen molar-refractivity contribution in [2.24, 2.45) is 5.92 Å². The summed E-state index contributed by atoms with van der Waals surface area (Å²) in [5.74, 6) is 0.833. The van der Waals surface area contributed by atoms with Crippen molar-refractivity contribution >= 4 is 17.5 Å².